The van der Waals surface area contributed by atoms with Gasteiger partial charge >= 0.3 is 0 Å². The number of Topliss-reactive ketones (excluding diaryl/α,β-unsaturated/α-hetero) is 1. The second-order valence-corrected chi connectivity index (χ2v) is 8.09. The van der Waals surface area contributed by atoms with Gasteiger partial charge in [-0.1, -0.05) is 13.8 Å². The molecule has 2 fully saturated rings. The summed E-state index contributed by atoms with van der Waals surface area (Å²) >= 11 is 0. The van der Waals surface area contributed by atoms with Crippen molar-refractivity contribution in [2.45, 2.75) is 84.0 Å². The van der Waals surface area contributed by atoms with Crippen LogP contribution in [-0.2, 0) is 19.1 Å². The van der Waals surface area contributed by atoms with E-state index in [0.29, 0.717) is 38.8 Å². The summed E-state index contributed by atoms with van der Waals surface area (Å²) in [6.07, 6.45) is 4.39. The Hall–Kier alpha value is -0.940. The van der Waals surface area contributed by atoms with Crippen molar-refractivity contribution >= 4 is 11.7 Å². The fourth-order valence-corrected chi connectivity index (χ4v) is 3.54. The van der Waals surface area contributed by atoms with Gasteiger partial charge in [-0.05, 0) is 39.5 Å². The number of ether oxygens (including phenoxy) is 2. The number of ketones is 1. The summed E-state index contributed by atoms with van der Waals surface area (Å²) in [5, 5.41) is 2.91. The van der Waals surface area contributed by atoms with E-state index in [1.165, 1.54) is 0 Å². The van der Waals surface area contributed by atoms with Crippen LogP contribution in [0.5, 0.6) is 0 Å². The molecular weight excluding hydrogens is 294 g/mol. The number of hydrogen-bond acceptors (Lipinski definition) is 4. The van der Waals surface area contributed by atoms with Crippen LogP contribution in [0.2, 0.25) is 0 Å². The number of nitrogens with one attached hydrogen (secondary N) is 1. The molecule has 2 aliphatic heterocycles. The molecule has 0 aromatic carbocycles. The highest BCUT2D eigenvalue weighted by molar-refractivity contribution is 5.84. The first-order chi connectivity index (χ1) is 10.7. The van der Waals surface area contributed by atoms with Gasteiger partial charge in [-0.15, -0.1) is 0 Å². The van der Waals surface area contributed by atoms with Crippen LogP contribution in [0.3, 0.4) is 0 Å². The van der Waals surface area contributed by atoms with Gasteiger partial charge in [0, 0.05) is 31.4 Å². The maximum Gasteiger partial charge on any atom is 0.220 e. The van der Waals surface area contributed by atoms with Crippen LogP contribution in [0.25, 0.3) is 0 Å². The molecule has 0 aromatic rings. The van der Waals surface area contributed by atoms with Gasteiger partial charge < -0.3 is 14.8 Å². The number of carbonyl (C=O) groups is 2. The summed E-state index contributed by atoms with van der Waals surface area (Å²) in [6, 6.07) is 0. The van der Waals surface area contributed by atoms with Crippen molar-refractivity contribution in [3.05, 3.63) is 0 Å². The molecule has 0 radical (unpaired) electrons. The maximum absolute atomic E-state index is 12.5. The molecule has 5 heteroatoms. The number of hydrogen-bond donors (Lipinski definition) is 1. The van der Waals surface area contributed by atoms with Crippen molar-refractivity contribution in [1.82, 2.24) is 5.32 Å². The van der Waals surface area contributed by atoms with E-state index in [9.17, 15) is 9.59 Å². The fourth-order valence-electron chi connectivity index (χ4n) is 3.54. The highest BCUT2D eigenvalue weighted by Gasteiger charge is 2.39. The molecule has 0 spiro atoms. The lowest BCUT2D eigenvalue weighted by Crippen LogP contribution is -2.37. The SMILES string of the molecule is CC1(C)CC(C)(C)C(=O)CCCC(=O)NCCC2OC2CCO1. The third kappa shape index (κ3) is 5.88. The van der Waals surface area contributed by atoms with E-state index in [1.54, 1.807) is 0 Å². The van der Waals surface area contributed by atoms with E-state index in [4.69, 9.17) is 9.47 Å². The Balaban J connectivity index is 1.96. The summed E-state index contributed by atoms with van der Waals surface area (Å²) in [6.45, 7) is 9.33. The second-order valence-electron chi connectivity index (χ2n) is 8.09. The Kier molecular flexibility index (Phi) is 5.84. The summed E-state index contributed by atoms with van der Waals surface area (Å²) in [7, 11) is 0. The fraction of sp³-hybridized carbons (Fsp3) is 0.889. The predicted octanol–water partition coefficient (Wildman–Crippen LogP) is 2.61. The third-order valence-corrected chi connectivity index (χ3v) is 4.76. The van der Waals surface area contributed by atoms with Crippen molar-refractivity contribution in [3.63, 3.8) is 0 Å². The zero-order chi connectivity index (χ0) is 17.1. The molecule has 0 saturated carbocycles. The first-order valence-electron chi connectivity index (χ1n) is 8.79. The van der Waals surface area contributed by atoms with Crippen molar-refractivity contribution in [3.8, 4) is 0 Å². The van der Waals surface area contributed by atoms with E-state index >= 15 is 0 Å². The second kappa shape index (κ2) is 7.31. The van der Waals surface area contributed by atoms with Crippen molar-refractivity contribution < 1.29 is 19.1 Å². The Morgan fingerprint density at radius 2 is 1.74 bits per heavy atom. The van der Waals surface area contributed by atoms with Crippen LogP contribution < -0.4 is 5.32 Å². The number of amides is 1. The van der Waals surface area contributed by atoms with Gasteiger partial charge in [0.25, 0.3) is 0 Å². The quantitative estimate of drug-likeness (QED) is 0.695. The summed E-state index contributed by atoms with van der Waals surface area (Å²) in [4.78, 5) is 24.3. The molecule has 0 aromatic heterocycles. The average molecular weight is 325 g/mol. The first-order valence-corrected chi connectivity index (χ1v) is 8.79. The number of carbonyl (C=O) groups excluding carboxylic acids is 2. The molecule has 1 N–H and O–H groups in total. The third-order valence-electron chi connectivity index (χ3n) is 4.76. The summed E-state index contributed by atoms with van der Waals surface area (Å²) in [5.41, 5.74) is -0.770. The topological polar surface area (TPSA) is 67.9 Å². The van der Waals surface area contributed by atoms with Gasteiger partial charge in [0.05, 0.1) is 17.8 Å². The highest BCUT2D eigenvalue weighted by Crippen LogP contribution is 2.34. The molecule has 0 bridgehead atoms. The number of fused-ring (bicyclic) bond motifs is 1. The van der Waals surface area contributed by atoms with Gasteiger partial charge in [0.15, 0.2) is 0 Å². The lowest BCUT2D eigenvalue weighted by atomic mass is 9.77. The van der Waals surface area contributed by atoms with Crippen LogP contribution in [0.15, 0.2) is 0 Å². The minimum absolute atomic E-state index is 0.0311. The molecule has 5 nitrogen and oxygen atoms in total. The van der Waals surface area contributed by atoms with Crippen molar-refractivity contribution in [2.75, 3.05) is 13.2 Å². The van der Waals surface area contributed by atoms with Gasteiger partial charge in [-0.3, -0.25) is 9.59 Å². The average Bonchev–Trinajstić information content (AvgIpc) is 3.14. The first kappa shape index (κ1) is 18.4. The smallest absolute Gasteiger partial charge is 0.220 e. The Labute approximate surface area is 139 Å². The monoisotopic (exact) mass is 325 g/mol. The summed E-state index contributed by atoms with van der Waals surface area (Å²) in [5.74, 6) is 0.239. The lowest BCUT2D eigenvalue weighted by molar-refractivity contribution is -0.132. The lowest BCUT2D eigenvalue weighted by Gasteiger charge is -2.34. The highest BCUT2D eigenvalue weighted by atomic mass is 16.6. The molecule has 0 aliphatic carbocycles. The number of epoxide rings is 1. The van der Waals surface area contributed by atoms with Crippen LogP contribution in [0, 0.1) is 5.41 Å². The molecule has 2 rings (SSSR count). The molecule has 2 unspecified atom stereocenters. The Morgan fingerprint density at radius 1 is 1.04 bits per heavy atom. The van der Waals surface area contributed by atoms with Crippen molar-refractivity contribution in [1.29, 1.82) is 0 Å². The summed E-state index contributed by atoms with van der Waals surface area (Å²) < 4.78 is 11.6. The van der Waals surface area contributed by atoms with Gasteiger partial charge in [-0.2, -0.15) is 0 Å². The number of rotatable bonds is 0. The molecular formula is C18H31NO4. The molecule has 23 heavy (non-hydrogen) atoms. The zero-order valence-electron chi connectivity index (χ0n) is 14.9. The molecule has 2 aliphatic rings. The van der Waals surface area contributed by atoms with Crippen LogP contribution >= 0.6 is 0 Å². The van der Waals surface area contributed by atoms with Crippen LogP contribution in [0.1, 0.15) is 66.2 Å². The van der Waals surface area contributed by atoms with E-state index < -0.39 is 5.41 Å². The van der Waals surface area contributed by atoms with E-state index in [2.05, 4.69) is 5.32 Å². The van der Waals surface area contributed by atoms with Crippen LogP contribution in [-0.4, -0.2) is 42.7 Å². The van der Waals surface area contributed by atoms with Crippen LogP contribution in [0.4, 0.5) is 0 Å². The minimum Gasteiger partial charge on any atom is -0.375 e. The van der Waals surface area contributed by atoms with Gasteiger partial charge in [-0.25, -0.2) is 0 Å². The van der Waals surface area contributed by atoms with Crippen molar-refractivity contribution in [2.24, 2.45) is 5.41 Å². The molecule has 2 heterocycles. The van der Waals surface area contributed by atoms with E-state index in [0.717, 1.165) is 12.8 Å². The Morgan fingerprint density at radius 3 is 2.48 bits per heavy atom. The predicted molar refractivity (Wildman–Crippen MR) is 88.2 cm³/mol. The minimum atomic E-state index is -0.435. The maximum atomic E-state index is 12.5. The molecule has 2 atom stereocenters. The largest absolute Gasteiger partial charge is 0.375 e. The van der Waals surface area contributed by atoms with Gasteiger partial charge in [0.1, 0.15) is 5.78 Å². The van der Waals surface area contributed by atoms with E-state index in [1.807, 2.05) is 27.7 Å². The molecule has 132 valence electrons. The Bertz CT molecular complexity index is 444. The standard InChI is InChI=1S/C18H31NO4/c1-17(2)12-18(3,4)22-11-9-14-13(23-14)8-10-19-16(21)7-5-6-15(17)20/h13-14H,5-12H2,1-4H3,(H,19,21). The van der Waals surface area contributed by atoms with Gasteiger partial charge in [0.2, 0.25) is 5.91 Å². The molecule has 1 amide bonds. The zero-order valence-corrected chi connectivity index (χ0v) is 14.9. The normalized spacial score (nSPS) is 32.7. The molecule has 2 saturated heterocycles. The van der Waals surface area contributed by atoms with E-state index in [-0.39, 0.29) is 29.5 Å².